The number of hydrogen-bond acceptors (Lipinski definition) is 3. The van der Waals surface area contributed by atoms with E-state index in [1.165, 1.54) is 0 Å². The van der Waals surface area contributed by atoms with Gasteiger partial charge in [0.15, 0.2) is 0 Å². The first-order valence-electron chi connectivity index (χ1n) is 6.09. The summed E-state index contributed by atoms with van der Waals surface area (Å²) in [5, 5.41) is 0. The summed E-state index contributed by atoms with van der Waals surface area (Å²) >= 11 is 0. The van der Waals surface area contributed by atoms with Crippen molar-refractivity contribution in [3.8, 4) is 11.8 Å². The highest BCUT2D eigenvalue weighted by molar-refractivity contribution is 5.94. The maximum Gasteiger partial charge on any atom is 0.314 e. The van der Waals surface area contributed by atoms with Crippen molar-refractivity contribution in [1.29, 1.82) is 0 Å². The highest BCUT2D eigenvalue weighted by Crippen LogP contribution is 2.35. The molecule has 1 heterocycles. The summed E-state index contributed by atoms with van der Waals surface area (Å²) in [4.78, 5) is 25.3. The zero-order valence-electron chi connectivity index (χ0n) is 11.0. The number of ether oxygens (including phenoxy) is 1. The second-order valence-electron chi connectivity index (χ2n) is 4.35. The van der Waals surface area contributed by atoms with Gasteiger partial charge in [-0.05, 0) is 32.6 Å². The third kappa shape index (κ3) is 2.92. The van der Waals surface area contributed by atoms with Crippen molar-refractivity contribution in [2.45, 2.75) is 26.7 Å². The molecule has 1 aliphatic rings. The fourth-order valence-electron chi connectivity index (χ4n) is 2.21. The number of nitrogens with zero attached hydrogens (tertiary/aromatic N) is 1. The summed E-state index contributed by atoms with van der Waals surface area (Å²) in [7, 11) is 0. The van der Waals surface area contributed by atoms with Crippen LogP contribution in [0.1, 0.15) is 26.7 Å². The lowest BCUT2D eigenvalue weighted by molar-refractivity contribution is -0.154. The summed E-state index contributed by atoms with van der Waals surface area (Å²) in [5.74, 6) is 4.60. The third-order valence-electron chi connectivity index (χ3n) is 3.12. The molecular weight excluding hydrogens is 230 g/mol. The minimum atomic E-state index is -0.636. The standard InChI is InChI=1S/C14H19NO3/c1-4-7-12(16)15-10-9-14(11-15,8-5-2)13(17)18-6-3/h5H,2,6,8-11H2,1,3H3. The Balaban J connectivity index is 2.83. The Morgan fingerprint density at radius 2 is 2.28 bits per heavy atom. The molecule has 4 nitrogen and oxygen atoms in total. The molecule has 0 N–H and O–H groups in total. The van der Waals surface area contributed by atoms with Crippen molar-refractivity contribution in [2.24, 2.45) is 5.41 Å². The maximum atomic E-state index is 12.0. The molecule has 1 fully saturated rings. The molecule has 0 radical (unpaired) electrons. The maximum absolute atomic E-state index is 12.0. The molecule has 4 heteroatoms. The van der Waals surface area contributed by atoms with Crippen LogP contribution < -0.4 is 0 Å². The van der Waals surface area contributed by atoms with Crippen LogP contribution in [0.4, 0.5) is 0 Å². The van der Waals surface area contributed by atoms with Crippen LogP contribution in [0.5, 0.6) is 0 Å². The Morgan fingerprint density at radius 1 is 1.56 bits per heavy atom. The lowest BCUT2D eigenvalue weighted by Gasteiger charge is -2.25. The van der Waals surface area contributed by atoms with Crippen molar-refractivity contribution in [3.05, 3.63) is 12.7 Å². The van der Waals surface area contributed by atoms with Crippen LogP contribution in [-0.4, -0.2) is 36.5 Å². The van der Waals surface area contributed by atoms with Gasteiger partial charge in [0, 0.05) is 13.1 Å². The number of rotatable bonds is 4. The fraction of sp³-hybridized carbons (Fsp3) is 0.571. The average Bonchev–Trinajstić information content (AvgIpc) is 2.76. The molecule has 0 aromatic carbocycles. The minimum Gasteiger partial charge on any atom is -0.466 e. The third-order valence-corrected chi connectivity index (χ3v) is 3.12. The van der Waals surface area contributed by atoms with Gasteiger partial charge in [-0.25, -0.2) is 0 Å². The summed E-state index contributed by atoms with van der Waals surface area (Å²) in [6.07, 6.45) is 2.83. The molecule has 0 aliphatic carbocycles. The van der Waals surface area contributed by atoms with E-state index in [2.05, 4.69) is 18.4 Å². The topological polar surface area (TPSA) is 46.6 Å². The fourth-order valence-corrected chi connectivity index (χ4v) is 2.21. The van der Waals surface area contributed by atoms with Crippen LogP contribution in [0.15, 0.2) is 12.7 Å². The number of allylic oxidation sites excluding steroid dienone is 1. The molecule has 1 amide bonds. The van der Waals surface area contributed by atoms with Gasteiger partial charge < -0.3 is 9.64 Å². The highest BCUT2D eigenvalue weighted by Gasteiger charge is 2.46. The van der Waals surface area contributed by atoms with Crippen LogP contribution in [-0.2, 0) is 14.3 Å². The van der Waals surface area contributed by atoms with Crippen molar-refractivity contribution >= 4 is 11.9 Å². The zero-order valence-corrected chi connectivity index (χ0v) is 11.0. The lowest BCUT2D eigenvalue weighted by atomic mass is 9.83. The number of hydrogen-bond donors (Lipinski definition) is 0. The Hall–Kier alpha value is -1.76. The first-order chi connectivity index (χ1) is 8.59. The molecule has 0 aromatic heterocycles. The molecule has 1 atom stereocenters. The van der Waals surface area contributed by atoms with Crippen LogP contribution in [0, 0.1) is 17.3 Å². The van der Waals surface area contributed by atoms with Gasteiger partial charge in [0.1, 0.15) is 0 Å². The Labute approximate surface area is 108 Å². The van der Waals surface area contributed by atoms with Gasteiger partial charge >= 0.3 is 5.97 Å². The van der Waals surface area contributed by atoms with E-state index in [1.54, 1.807) is 24.8 Å². The molecule has 0 bridgehead atoms. The van der Waals surface area contributed by atoms with E-state index in [1.807, 2.05) is 0 Å². The zero-order chi connectivity index (χ0) is 13.6. The predicted molar refractivity (Wildman–Crippen MR) is 68.5 cm³/mol. The largest absolute Gasteiger partial charge is 0.466 e. The van der Waals surface area contributed by atoms with E-state index in [-0.39, 0.29) is 11.9 Å². The first-order valence-corrected chi connectivity index (χ1v) is 6.09. The van der Waals surface area contributed by atoms with Gasteiger partial charge in [0.2, 0.25) is 0 Å². The molecular formula is C14H19NO3. The second kappa shape index (κ2) is 6.25. The van der Waals surface area contributed by atoms with Crippen LogP contribution in [0.25, 0.3) is 0 Å². The smallest absolute Gasteiger partial charge is 0.314 e. The van der Waals surface area contributed by atoms with E-state index in [9.17, 15) is 9.59 Å². The van der Waals surface area contributed by atoms with E-state index >= 15 is 0 Å². The molecule has 1 unspecified atom stereocenters. The van der Waals surface area contributed by atoms with E-state index in [4.69, 9.17) is 4.74 Å². The average molecular weight is 249 g/mol. The lowest BCUT2D eigenvalue weighted by Crippen LogP contribution is -2.37. The summed E-state index contributed by atoms with van der Waals surface area (Å²) in [6, 6.07) is 0. The summed E-state index contributed by atoms with van der Waals surface area (Å²) in [6.45, 7) is 8.33. The second-order valence-corrected chi connectivity index (χ2v) is 4.35. The number of esters is 1. The summed E-state index contributed by atoms with van der Waals surface area (Å²) in [5.41, 5.74) is -0.636. The van der Waals surface area contributed by atoms with Gasteiger partial charge in [-0.15, -0.1) is 6.58 Å². The molecule has 0 spiro atoms. The van der Waals surface area contributed by atoms with Crippen LogP contribution in [0.2, 0.25) is 0 Å². The van der Waals surface area contributed by atoms with Crippen molar-refractivity contribution in [1.82, 2.24) is 4.90 Å². The first kappa shape index (κ1) is 14.3. The van der Waals surface area contributed by atoms with Crippen LogP contribution in [0.3, 0.4) is 0 Å². The quantitative estimate of drug-likeness (QED) is 0.429. The number of amides is 1. The number of carbonyl (C=O) groups excluding carboxylic acids is 2. The SMILES string of the molecule is C=CCC1(C(=O)OCC)CCN(C(=O)C#CC)C1. The molecule has 18 heavy (non-hydrogen) atoms. The van der Waals surface area contributed by atoms with Gasteiger partial charge in [0.25, 0.3) is 5.91 Å². The molecule has 0 aromatic rings. The van der Waals surface area contributed by atoms with Crippen molar-refractivity contribution in [3.63, 3.8) is 0 Å². The minimum absolute atomic E-state index is 0.229. The predicted octanol–water partition coefficient (Wildman–Crippen LogP) is 1.37. The highest BCUT2D eigenvalue weighted by atomic mass is 16.5. The van der Waals surface area contributed by atoms with E-state index < -0.39 is 5.41 Å². The monoisotopic (exact) mass is 249 g/mol. The van der Waals surface area contributed by atoms with Gasteiger partial charge in [-0.3, -0.25) is 9.59 Å². The molecule has 98 valence electrons. The molecule has 1 rings (SSSR count). The van der Waals surface area contributed by atoms with E-state index in [0.717, 1.165) is 0 Å². The molecule has 0 saturated carbocycles. The molecule has 1 aliphatic heterocycles. The van der Waals surface area contributed by atoms with Crippen molar-refractivity contribution < 1.29 is 14.3 Å². The van der Waals surface area contributed by atoms with Gasteiger partial charge in [-0.2, -0.15) is 0 Å². The normalized spacial score (nSPS) is 22.0. The Morgan fingerprint density at radius 3 is 2.83 bits per heavy atom. The Bertz CT molecular complexity index is 405. The van der Waals surface area contributed by atoms with Crippen molar-refractivity contribution in [2.75, 3.05) is 19.7 Å². The number of likely N-dealkylation sites (tertiary alicyclic amines) is 1. The molecule has 1 saturated heterocycles. The van der Waals surface area contributed by atoms with Gasteiger partial charge in [-0.1, -0.05) is 12.0 Å². The van der Waals surface area contributed by atoms with E-state index in [0.29, 0.717) is 32.5 Å². The van der Waals surface area contributed by atoms with Crippen LogP contribution >= 0.6 is 0 Å². The van der Waals surface area contributed by atoms with Gasteiger partial charge in [0.05, 0.1) is 12.0 Å². The summed E-state index contributed by atoms with van der Waals surface area (Å²) < 4.78 is 5.11. The Kier molecular flexibility index (Phi) is 4.96. The number of carbonyl (C=O) groups is 2.